The maximum absolute atomic E-state index is 5.45. The number of aryl methyl sites for hydroxylation is 1. The minimum Gasteiger partial charge on any atom is -0.501 e. The average molecular weight is 228 g/mol. The highest BCUT2D eigenvalue weighted by molar-refractivity contribution is 5.79. The highest BCUT2D eigenvalue weighted by Crippen LogP contribution is 2.32. The van der Waals surface area contributed by atoms with Crippen LogP contribution in [0.15, 0.2) is 42.2 Å². The van der Waals surface area contributed by atoms with Gasteiger partial charge in [-0.25, -0.2) is 0 Å². The Morgan fingerprint density at radius 3 is 2.71 bits per heavy atom. The molecule has 1 aromatic rings. The van der Waals surface area contributed by atoms with Gasteiger partial charge < -0.3 is 4.74 Å². The number of hydrogen-bond donors (Lipinski definition) is 0. The lowest BCUT2D eigenvalue weighted by molar-refractivity contribution is 0.266. The topological polar surface area (TPSA) is 9.23 Å². The van der Waals surface area contributed by atoms with E-state index in [-0.39, 0.29) is 0 Å². The second kappa shape index (κ2) is 5.72. The Hall–Kier alpha value is -1.50. The highest BCUT2D eigenvalue weighted by Gasteiger charge is 2.12. The first-order valence-corrected chi connectivity index (χ1v) is 6.39. The van der Waals surface area contributed by atoms with Crippen LogP contribution in [0.3, 0.4) is 0 Å². The lowest BCUT2D eigenvalue weighted by Crippen LogP contribution is -1.98. The van der Waals surface area contributed by atoms with Crippen LogP contribution < -0.4 is 0 Å². The summed E-state index contributed by atoms with van der Waals surface area (Å²) in [6.07, 6.45) is 7.80. The molecule has 0 aromatic heterocycles. The van der Waals surface area contributed by atoms with E-state index in [0.29, 0.717) is 0 Å². The zero-order valence-electron chi connectivity index (χ0n) is 10.7. The molecule has 1 nitrogen and oxygen atoms in total. The predicted octanol–water partition coefficient (Wildman–Crippen LogP) is 4.48. The molecule has 1 aliphatic rings. The maximum atomic E-state index is 5.45. The van der Waals surface area contributed by atoms with Gasteiger partial charge in [0, 0.05) is 0 Å². The molecule has 0 unspecified atom stereocenters. The number of ether oxygens (including phenoxy) is 1. The minimum absolute atomic E-state index is 0.741. The summed E-state index contributed by atoms with van der Waals surface area (Å²) in [5.74, 6) is 0. The molecule has 0 spiro atoms. The lowest BCUT2D eigenvalue weighted by atomic mass is 9.89. The van der Waals surface area contributed by atoms with E-state index in [1.807, 2.05) is 13.2 Å². The summed E-state index contributed by atoms with van der Waals surface area (Å²) in [6.45, 7) is 4.88. The Bertz CT molecular complexity index is 423. The molecule has 0 saturated carbocycles. The normalized spacial score (nSPS) is 18.0. The summed E-state index contributed by atoms with van der Waals surface area (Å²) < 4.78 is 5.45. The second-order valence-electron chi connectivity index (χ2n) is 4.47. The van der Waals surface area contributed by atoms with Crippen LogP contribution in [0.1, 0.15) is 37.3 Å². The third kappa shape index (κ3) is 3.00. The molecule has 0 N–H and O–H groups in total. The fraction of sp³-hybridized carbons (Fsp3) is 0.375. The Kier molecular flexibility index (Phi) is 4.03. The molecule has 0 amide bonds. The van der Waals surface area contributed by atoms with Crippen molar-refractivity contribution in [1.29, 1.82) is 0 Å². The first kappa shape index (κ1) is 12.0. The minimum atomic E-state index is 0.741. The van der Waals surface area contributed by atoms with Crippen molar-refractivity contribution in [2.24, 2.45) is 0 Å². The molecule has 17 heavy (non-hydrogen) atoms. The van der Waals surface area contributed by atoms with Crippen molar-refractivity contribution >= 4 is 5.57 Å². The first-order valence-electron chi connectivity index (χ1n) is 6.39. The van der Waals surface area contributed by atoms with E-state index < -0.39 is 0 Å². The van der Waals surface area contributed by atoms with Crippen molar-refractivity contribution < 1.29 is 4.74 Å². The maximum Gasteiger partial charge on any atom is 0.0866 e. The van der Waals surface area contributed by atoms with Gasteiger partial charge >= 0.3 is 0 Å². The van der Waals surface area contributed by atoms with Gasteiger partial charge in [-0.15, -0.1) is 0 Å². The van der Waals surface area contributed by atoms with Crippen LogP contribution in [0.5, 0.6) is 0 Å². The van der Waals surface area contributed by atoms with Gasteiger partial charge in [0.05, 0.1) is 12.9 Å². The molecule has 0 radical (unpaired) electrons. The SMILES string of the molecule is CCOC=C1CCCC=C1c1ccc(C)cc1. The molecule has 0 bridgehead atoms. The van der Waals surface area contributed by atoms with Gasteiger partial charge in [0.15, 0.2) is 0 Å². The van der Waals surface area contributed by atoms with Crippen LogP contribution in [-0.2, 0) is 4.74 Å². The summed E-state index contributed by atoms with van der Waals surface area (Å²) in [5.41, 5.74) is 5.30. The monoisotopic (exact) mass is 228 g/mol. The number of hydrogen-bond acceptors (Lipinski definition) is 1. The van der Waals surface area contributed by atoms with Crippen LogP contribution in [-0.4, -0.2) is 6.61 Å². The zero-order valence-corrected chi connectivity index (χ0v) is 10.7. The van der Waals surface area contributed by atoms with E-state index in [2.05, 4.69) is 37.3 Å². The quantitative estimate of drug-likeness (QED) is 0.693. The Labute approximate surface area is 104 Å². The second-order valence-corrected chi connectivity index (χ2v) is 4.47. The van der Waals surface area contributed by atoms with Gasteiger partial charge in [0.1, 0.15) is 0 Å². The van der Waals surface area contributed by atoms with Crippen LogP contribution in [0, 0.1) is 6.92 Å². The summed E-state index contributed by atoms with van der Waals surface area (Å²) >= 11 is 0. The van der Waals surface area contributed by atoms with Crippen molar-refractivity contribution in [2.45, 2.75) is 33.1 Å². The van der Waals surface area contributed by atoms with Crippen molar-refractivity contribution in [3.63, 3.8) is 0 Å². The first-order chi connectivity index (χ1) is 8.31. The summed E-state index contributed by atoms with van der Waals surface area (Å²) in [7, 11) is 0. The van der Waals surface area contributed by atoms with Crippen LogP contribution in [0.2, 0.25) is 0 Å². The van der Waals surface area contributed by atoms with E-state index in [1.54, 1.807) is 0 Å². The van der Waals surface area contributed by atoms with E-state index in [1.165, 1.54) is 35.1 Å². The van der Waals surface area contributed by atoms with E-state index in [4.69, 9.17) is 4.74 Å². The van der Waals surface area contributed by atoms with Gasteiger partial charge in [0.25, 0.3) is 0 Å². The van der Waals surface area contributed by atoms with Crippen molar-refractivity contribution in [1.82, 2.24) is 0 Å². The summed E-state index contributed by atoms with van der Waals surface area (Å²) in [5, 5.41) is 0. The number of allylic oxidation sites excluding steroid dienone is 3. The van der Waals surface area contributed by atoms with Crippen LogP contribution in [0.4, 0.5) is 0 Å². The Morgan fingerprint density at radius 2 is 2.00 bits per heavy atom. The molecule has 1 heteroatoms. The highest BCUT2D eigenvalue weighted by atomic mass is 16.5. The van der Waals surface area contributed by atoms with Crippen LogP contribution in [0.25, 0.3) is 5.57 Å². The number of benzene rings is 1. The van der Waals surface area contributed by atoms with Gasteiger partial charge in [0.2, 0.25) is 0 Å². The molecule has 1 aliphatic carbocycles. The molecule has 1 aromatic carbocycles. The van der Waals surface area contributed by atoms with E-state index in [0.717, 1.165) is 13.0 Å². The zero-order chi connectivity index (χ0) is 12.1. The third-order valence-electron chi connectivity index (χ3n) is 3.10. The standard InChI is InChI=1S/C16H20O/c1-3-17-12-15-6-4-5-7-16(15)14-10-8-13(2)9-11-14/h7-12H,3-6H2,1-2H3. The van der Waals surface area contributed by atoms with Gasteiger partial charge in [-0.05, 0) is 49.8 Å². The summed E-state index contributed by atoms with van der Waals surface area (Å²) in [6, 6.07) is 8.74. The van der Waals surface area contributed by atoms with Crippen molar-refractivity contribution in [3.05, 3.63) is 53.3 Å². The van der Waals surface area contributed by atoms with Gasteiger partial charge in [-0.3, -0.25) is 0 Å². The van der Waals surface area contributed by atoms with Crippen molar-refractivity contribution in [2.75, 3.05) is 6.61 Å². The summed E-state index contributed by atoms with van der Waals surface area (Å²) in [4.78, 5) is 0. The molecule has 2 rings (SSSR count). The number of rotatable bonds is 3. The van der Waals surface area contributed by atoms with Crippen molar-refractivity contribution in [3.8, 4) is 0 Å². The van der Waals surface area contributed by atoms with E-state index >= 15 is 0 Å². The molecule has 90 valence electrons. The smallest absolute Gasteiger partial charge is 0.0866 e. The molecule has 0 saturated heterocycles. The largest absolute Gasteiger partial charge is 0.501 e. The van der Waals surface area contributed by atoms with E-state index in [9.17, 15) is 0 Å². The lowest BCUT2D eigenvalue weighted by Gasteiger charge is -2.17. The molecule has 0 heterocycles. The van der Waals surface area contributed by atoms with Gasteiger partial charge in [-0.2, -0.15) is 0 Å². The molecular formula is C16H20O. The molecule has 0 atom stereocenters. The molecular weight excluding hydrogens is 208 g/mol. The Morgan fingerprint density at radius 1 is 1.24 bits per heavy atom. The third-order valence-corrected chi connectivity index (χ3v) is 3.10. The fourth-order valence-electron chi connectivity index (χ4n) is 2.15. The fourth-order valence-corrected chi connectivity index (χ4v) is 2.15. The molecule has 0 aliphatic heterocycles. The van der Waals surface area contributed by atoms with Crippen LogP contribution >= 0.6 is 0 Å². The molecule has 0 fully saturated rings. The average Bonchev–Trinajstić information content (AvgIpc) is 2.38. The Balaban J connectivity index is 2.28. The van der Waals surface area contributed by atoms with Gasteiger partial charge in [-0.1, -0.05) is 35.9 Å². The predicted molar refractivity (Wildman–Crippen MR) is 72.7 cm³/mol.